The number of aryl methyl sites for hydroxylation is 1. The lowest BCUT2D eigenvalue weighted by atomic mass is 9.98. The lowest BCUT2D eigenvalue weighted by Crippen LogP contribution is -2.34. The van der Waals surface area contributed by atoms with Crippen molar-refractivity contribution in [2.75, 3.05) is 11.9 Å². The first-order valence-corrected chi connectivity index (χ1v) is 8.98. The van der Waals surface area contributed by atoms with E-state index < -0.39 is 0 Å². The van der Waals surface area contributed by atoms with Gasteiger partial charge in [0.15, 0.2) is 0 Å². The summed E-state index contributed by atoms with van der Waals surface area (Å²) in [5.74, 6) is -0.181. The van der Waals surface area contributed by atoms with Crippen LogP contribution in [-0.4, -0.2) is 18.5 Å². The Kier molecular flexibility index (Phi) is 5.89. The summed E-state index contributed by atoms with van der Waals surface area (Å²) in [6.07, 6.45) is 6.16. The van der Waals surface area contributed by atoms with E-state index in [0.29, 0.717) is 16.6 Å². The van der Waals surface area contributed by atoms with Crippen molar-refractivity contribution >= 4 is 23.2 Å². The topological polar surface area (TPSA) is 41.1 Å². The summed E-state index contributed by atoms with van der Waals surface area (Å²) in [6, 6.07) is 15.8. The summed E-state index contributed by atoms with van der Waals surface area (Å²) in [6.45, 7) is 1.15. The molecular weight excluding hydrogens is 320 g/mol. The molecule has 1 heterocycles. The SMILES string of the molecule is O=C(Nc1ccc(CCC2CCCCN2)cc1)c1ccccc1Cl. The van der Waals surface area contributed by atoms with Gasteiger partial charge in [-0.05, 0) is 62.1 Å². The standard InChI is InChI=1S/C20H23ClN2O/c21-19-7-2-1-6-18(19)20(24)23-17-12-9-15(10-13-17)8-11-16-5-3-4-14-22-16/h1-2,6-7,9-10,12-13,16,22H,3-5,8,11,14H2,(H,23,24). The average Bonchev–Trinajstić information content (AvgIpc) is 2.62. The van der Waals surface area contributed by atoms with Gasteiger partial charge in [-0.2, -0.15) is 0 Å². The van der Waals surface area contributed by atoms with Crippen LogP contribution in [0.5, 0.6) is 0 Å². The lowest BCUT2D eigenvalue weighted by molar-refractivity contribution is 0.102. The molecule has 3 nitrogen and oxygen atoms in total. The maximum atomic E-state index is 12.2. The van der Waals surface area contributed by atoms with Crippen molar-refractivity contribution in [1.82, 2.24) is 5.32 Å². The largest absolute Gasteiger partial charge is 0.322 e. The molecule has 1 aliphatic heterocycles. The van der Waals surface area contributed by atoms with Crippen molar-refractivity contribution in [3.8, 4) is 0 Å². The van der Waals surface area contributed by atoms with Crippen LogP contribution in [0.25, 0.3) is 0 Å². The van der Waals surface area contributed by atoms with Gasteiger partial charge in [-0.25, -0.2) is 0 Å². The Morgan fingerprint density at radius 3 is 2.62 bits per heavy atom. The van der Waals surface area contributed by atoms with Gasteiger partial charge < -0.3 is 10.6 Å². The number of nitrogens with one attached hydrogen (secondary N) is 2. The highest BCUT2D eigenvalue weighted by Gasteiger charge is 2.12. The summed E-state index contributed by atoms with van der Waals surface area (Å²) >= 11 is 6.06. The zero-order chi connectivity index (χ0) is 16.8. The van der Waals surface area contributed by atoms with Crippen molar-refractivity contribution in [3.63, 3.8) is 0 Å². The fourth-order valence-corrected chi connectivity index (χ4v) is 3.33. The van der Waals surface area contributed by atoms with E-state index in [0.717, 1.165) is 18.7 Å². The zero-order valence-corrected chi connectivity index (χ0v) is 14.5. The van der Waals surface area contributed by atoms with Crippen molar-refractivity contribution < 1.29 is 4.79 Å². The Labute approximate surface area is 148 Å². The molecule has 1 atom stereocenters. The van der Waals surface area contributed by atoms with Crippen molar-refractivity contribution in [2.45, 2.75) is 38.1 Å². The number of anilines is 1. The molecular formula is C20H23ClN2O. The molecule has 1 saturated heterocycles. The monoisotopic (exact) mass is 342 g/mol. The Bertz CT molecular complexity index is 678. The molecule has 0 radical (unpaired) electrons. The number of hydrogen-bond acceptors (Lipinski definition) is 2. The van der Waals surface area contributed by atoms with E-state index in [9.17, 15) is 4.79 Å². The summed E-state index contributed by atoms with van der Waals surface area (Å²) < 4.78 is 0. The van der Waals surface area contributed by atoms with Crippen LogP contribution < -0.4 is 10.6 Å². The van der Waals surface area contributed by atoms with Gasteiger partial charge in [-0.1, -0.05) is 42.3 Å². The predicted octanol–water partition coefficient (Wildman–Crippen LogP) is 4.67. The van der Waals surface area contributed by atoms with Crippen LogP contribution in [0.15, 0.2) is 48.5 Å². The third-order valence-corrected chi connectivity index (χ3v) is 4.85. The molecule has 2 aromatic carbocycles. The predicted molar refractivity (Wildman–Crippen MR) is 99.8 cm³/mol. The molecule has 0 bridgehead atoms. The maximum absolute atomic E-state index is 12.2. The average molecular weight is 343 g/mol. The number of amides is 1. The smallest absolute Gasteiger partial charge is 0.257 e. The van der Waals surface area contributed by atoms with Gasteiger partial charge in [0.25, 0.3) is 5.91 Å². The highest BCUT2D eigenvalue weighted by atomic mass is 35.5. The van der Waals surface area contributed by atoms with Crippen LogP contribution in [0, 0.1) is 0 Å². The first-order valence-electron chi connectivity index (χ1n) is 8.60. The highest BCUT2D eigenvalue weighted by molar-refractivity contribution is 6.34. The fourth-order valence-electron chi connectivity index (χ4n) is 3.11. The molecule has 0 saturated carbocycles. The quantitative estimate of drug-likeness (QED) is 0.829. The molecule has 2 aromatic rings. The number of rotatable bonds is 5. The molecule has 2 N–H and O–H groups in total. The molecule has 0 aromatic heterocycles. The molecule has 1 unspecified atom stereocenters. The number of benzene rings is 2. The Hall–Kier alpha value is -1.84. The van der Waals surface area contributed by atoms with E-state index in [4.69, 9.17) is 11.6 Å². The van der Waals surface area contributed by atoms with Crippen LogP contribution in [0.3, 0.4) is 0 Å². The molecule has 1 aliphatic rings. The molecule has 126 valence electrons. The van der Waals surface area contributed by atoms with Crippen LogP contribution in [-0.2, 0) is 6.42 Å². The molecule has 1 fully saturated rings. The maximum Gasteiger partial charge on any atom is 0.257 e. The highest BCUT2D eigenvalue weighted by Crippen LogP contribution is 2.19. The van der Waals surface area contributed by atoms with Gasteiger partial charge in [0.1, 0.15) is 0 Å². The Morgan fingerprint density at radius 1 is 1.12 bits per heavy atom. The van der Waals surface area contributed by atoms with Gasteiger partial charge in [0, 0.05) is 11.7 Å². The molecule has 3 rings (SSSR count). The van der Waals surface area contributed by atoms with Crippen LogP contribution in [0.1, 0.15) is 41.6 Å². The van der Waals surface area contributed by atoms with Gasteiger partial charge in [-0.15, -0.1) is 0 Å². The number of hydrogen-bond donors (Lipinski definition) is 2. The second-order valence-electron chi connectivity index (χ2n) is 6.32. The van der Waals surface area contributed by atoms with E-state index >= 15 is 0 Å². The minimum absolute atomic E-state index is 0.181. The third-order valence-electron chi connectivity index (χ3n) is 4.52. The minimum atomic E-state index is -0.181. The fraction of sp³-hybridized carbons (Fsp3) is 0.350. The Morgan fingerprint density at radius 2 is 1.92 bits per heavy atom. The first-order chi connectivity index (χ1) is 11.7. The third kappa shape index (κ3) is 4.59. The van der Waals surface area contributed by atoms with E-state index in [2.05, 4.69) is 22.8 Å². The lowest BCUT2D eigenvalue weighted by Gasteiger charge is -2.23. The normalized spacial score (nSPS) is 17.5. The summed E-state index contributed by atoms with van der Waals surface area (Å²) in [4.78, 5) is 12.2. The number of piperidine rings is 1. The molecule has 1 amide bonds. The molecule has 24 heavy (non-hydrogen) atoms. The van der Waals surface area contributed by atoms with Crippen LogP contribution in [0.4, 0.5) is 5.69 Å². The second kappa shape index (κ2) is 8.32. The second-order valence-corrected chi connectivity index (χ2v) is 6.72. The van der Waals surface area contributed by atoms with Gasteiger partial charge in [0.05, 0.1) is 10.6 Å². The molecule has 0 aliphatic carbocycles. The van der Waals surface area contributed by atoms with Crippen molar-refractivity contribution in [1.29, 1.82) is 0 Å². The molecule has 0 spiro atoms. The van der Waals surface area contributed by atoms with Gasteiger partial charge >= 0.3 is 0 Å². The number of carbonyl (C=O) groups is 1. The van der Waals surface area contributed by atoms with Crippen LogP contribution in [0.2, 0.25) is 5.02 Å². The van der Waals surface area contributed by atoms with Crippen molar-refractivity contribution in [3.05, 3.63) is 64.7 Å². The Balaban J connectivity index is 1.54. The summed E-state index contributed by atoms with van der Waals surface area (Å²) in [5.41, 5.74) is 2.59. The van der Waals surface area contributed by atoms with Gasteiger partial charge in [0.2, 0.25) is 0 Å². The first kappa shape index (κ1) is 17.0. The summed E-state index contributed by atoms with van der Waals surface area (Å²) in [7, 11) is 0. The molecule has 4 heteroatoms. The van der Waals surface area contributed by atoms with E-state index in [1.165, 1.54) is 31.2 Å². The van der Waals surface area contributed by atoms with E-state index in [1.807, 2.05) is 24.3 Å². The van der Waals surface area contributed by atoms with Gasteiger partial charge in [-0.3, -0.25) is 4.79 Å². The number of halogens is 1. The van der Waals surface area contributed by atoms with Crippen LogP contribution >= 0.6 is 11.6 Å². The van der Waals surface area contributed by atoms with E-state index in [1.54, 1.807) is 12.1 Å². The number of carbonyl (C=O) groups excluding carboxylic acids is 1. The summed E-state index contributed by atoms with van der Waals surface area (Å²) in [5, 5.41) is 6.94. The minimum Gasteiger partial charge on any atom is -0.322 e. The van der Waals surface area contributed by atoms with Crippen molar-refractivity contribution in [2.24, 2.45) is 0 Å². The zero-order valence-electron chi connectivity index (χ0n) is 13.7. The van der Waals surface area contributed by atoms with E-state index in [-0.39, 0.29) is 5.91 Å².